The van der Waals surface area contributed by atoms with Gasteiger partial charge in [-0.05, 0) is 64.8 Å². The van der Waals surface area contributed by atoms with Gasteiger partial charge in [0.25, 0.3) is 5.91 Å². The molecule has 0 saturated carbocycles. The molecule has 3 aromatic rings. The van der Waals surface area contributed by atoms with Crippen LogP contribution in [0.3, 0.4) is 0 Å². The predicted molar refractivity (Wildman–Crippen MR) is 145 cm³/mol. The molecule has 2 aromatic carbocycles. The Kier molecular flexibility index (Phi) is 7.49. The van der Waals surface area contributed by atoms with Crippen molar-refractivity contribution < 1.29 is 14.3 Å². The summed E-state index contributed by atoms with van der Waals surface area (Å²) < 4.78 is 7.41. The van der Waals surface area contributed by atoms with Gasteiger partial charge in [-0.2, -0.15) is 10.4 Å². The molecule has 2 amide bonds. The van der Waals surface area contributed by atoms with Crippen molar-refractivity contribution in [2.75, 3.05) is 0 Å². The van der Waals surface area contributed by atoms with Gasteiger partial charge in [0.05, 0.1) is 11.2 Å². The number of carbonyl (C=O) groups is 2. The highest BCUT2D eigenvalue weighted by atomic mass is 35.5. The second-order valence-electron chi connectivity index (χ2n) is 10.9. The number of hydrogen-bond acceptors (Lipinski definition) is 6. The van der Waals surface area contributed by atoms with E-state index in [1.807, 2.05) is 0 Å². The number of aromatic nitrogens is 2. The number of carbonyl (C=O) groups excluding carboxylic acids is 2. The van der Waals surface area contributed by atoms with Crippen molar-refractivity contribution in [3.05, 3.63) is 64.9 Å². The first-order valence-corrected chi connectivity index (χ1v) is 12.7. The Hall–Kier alpha value is -3.87. The summed E-state index contributed by atoms with van der Waals surface area (Å²) in [5.41, 5.74) is 6.97. The van der Waals surface area contributed by atoms with E-state index in [9.17, 15) is 14.9 Å². The quantitative estimate of drug-likeness (QED) is 0.411. The van der Waals surface area contributed by atoms with Crippen molar-refractivity contribution >= 4 is 23.4 Å². The fourth-order valence-corrected chi connectivity index (χ4v) is 5.48. The lowest BCUT2D eigenvalue weighted by Crippen LogP contribution is -2.62. The number of nitriles is 1. The van der Waals surface area contributed by atoms with Crippen LogP contribution in [-0.2, 0) is 11.3 Å². The van der Waals surface area contributed by atoms with Gasteiger partial charge in [0.1, 0.15) is 29.7 Å². The Balaban J connectivity index is 1.52. The smallest absolute Gasteiger partial charge is 0.251 e. The fraction of sp³-hybridized carbons (Fsp3) is 0.357. The van der Waals surface area contributed by atoms with E-state index in [0.717, 1.165) is 12.8 Å². The maximum absolute atomic E-state index is 13.0. The van der Waals surface area contributed by atoms with Gasteiger partial charge in [-0.25, -0.2) is 0 Å². The molecule has 10 heteroatoms. The average molecular weight is 535 g/mol. The third kappa shape index (κ3) is 6.33. The van der Waals surface area contributed by atoms with Crippen molar-refractivity contribution in [2.45, 2.75) is 64.2 Å². The molecule has 1 fully saturated rings. The number of primary amides is 1. The second-order valence-corrected chi connectivity index (χ2v) is 11.3. The Labute approximate surface area is 226 Å². The van der Waals surface area contributed by atoms with Crippen molar-refractivity contribution in [1.29, 1.82) is 5.26 Å². The first-order valence-electron chi connectivity index (χ1n) is 12.3. The Morgan fingerprint density at radius 2 is 1.92 bits per heavy atom. The third-order valence-corrected chi connectivity index (χ3v) is 6.63. The molecule has 4 rings (SSSR count). The summed E-state index contributed by atoms with van der Waals surface area (Å²) in [6.07, 6.45) is 4.81. The number of nitrogens with one attached hydrogen (secondary N) is 2. The molecule has 0 aliphatic carbocycles. The number of nitrogens with two attached hydrogens (primary N) is 1. The van der Waals surface area contributed by atoms with E-state index < -0.39 is 5.91 Å². The minimum Gasteiger partial charge on any atom is -0.454 e. The highest BCUT2D eigenvalue weighted by molar-refractivity contribution is 6.32. The summed E-state index contributed by atoms with van der Waals surface area (Å²) in [4.78, 5) is 24.2. The normalized spacial score (nSPS) is 16.4. The molecule has 2 heterocycles. The zero-order valence-corrected chi connectivity index (χ0v) is 22.6. The molecule has 1 aromatic heterocycles. The van der Waals surface area contributed by atoms with E-state index in [0.29, 0.717) is 28.2 Å². The molecule has 9 nitrogen and oxygen atoms in total. The third-order valence-electron chi connectivity index (χ3n) is 6.34. The van der Waals surface area contributed by atoms with Crippen molar-refractivity contribution in [3.8, 4) is 28.7 Å². The summed E-state index contributed by atoms with van der Waals surface area (Å²) in [6, 6.07) is 12.2. The Morgan fingerprint density at radius 1 is 1.21 bits per heavy atom. The minimum absolute atomic E-state index is 0.0247. The summed E-state index contributed by atoms with van der Waals surface area (Å²) in [6.45, 7) is 8.46. The lowest BCUT2D eigenvalue weighted by molar-refractivity contribution is -0.118. The molecular formula is C28H31ClN6O3. The monoisotopic (exact) mass is 534 g/mol. The molecule has 198 valence electrons. The molecule has 0 spiro atoms. The van der Waals surface area contributed by atoms with E-state index in [1.54, 1.807) is 48.8 Å². The summed E-state index contributed by atoms with van der Waals surface area (Å²) >= 11 is 6.51. The van der Waals surface area contributed by atoms with Crippen LogP contribution >= 0.6 is 11.6 Å². The highest BCUT2D eigenvalue weighted by Crippen LogP contribution is 2.36. The summed E-state index contributed by atoms with van der Waals surface area (Å²) in [5, 5.41) is 21.0. The molecule has 0 bridgehead atoms. The molecular weight excluding hydrogens is 504 g/mol. The lowest BCUT2D eigenvalue weighted by Gasteiger charge is -2.46. The minimum atomic E-state index is -0.521. The van der Waals surface area contributed by atoms with Crippen LogP contribution in [0.15, 0.2) is 48.8 Å². The maximum Gasteiger partial charge on any atom is 0.251 e. The van der Waals surface area contributed by atoms with Crippen LogP contribution in [0.1, 0.15) is 56.5 Å². The maximum atomic E-state index is 13.0. The van der Waals surface area contributed by atoms with Gasteiger partial charge in [-0.1, -0.05) is 23.7 Å². The predicted octanol–water partition coefficient (Wildman–Crippen LogP) is 4.39. The van der Waals surface area contributed by atoms with Gasteiger partial charge < -0.3 is 21.1 Å². The number of ether oxygens (including phenoxy) is 1. The van der Waals surface area contributed by atoms with Gasteiger partial charge in [0, 0.05) is 40.0 Å². The van der Waals surface area contributed by atoms with E-state index in [4.69, 9.17) is 22.1 Å². The molecule has 0 radical (unpaired) electrons. The molecule has 0 unspecified atom stereocenters. The second kappa shape index (κ2) is 10.5. The first-order chi connectivity index (χ1) is 17.9. The molecule has 0 atom stereocenters. The van der Waals surface area contributed by atoms with Crippen LogP contribution in [0.5, 0.6) is 11.5 Å². The zero-order chi connectivity index (χ0) is 27.7. The van der Waals surface area contributed by atoms with Gasteiger partial charge in [-0.15, -0.1) is 0 Å². The van der Waals surface area contributed by atoms with E-state index in [-0.39, 0.29) is 40.2 Å². The SMILES string of the molecule is CC1(C)CC(NC(=O)c2ccc(Oc3cccc(-c4cnn(CC(N)=O)c4)c3C#N)c(Cl)c2)CC(C)(C)N1. The van der Waals surface area contributed by atoms with Crippen molar-refractivity contribution in [2.24, 2.45) is 5.73 Å². The van der Waals surface area contributed by atoms with Gasteiger partial charge in [0.2, 0.25) is 5.91 Å². The number of hydrogen-bond donors (Lipinski definition) is 3. The van der Waals surface area contributed by atoms with Crippen LogP contribution in [0.4, 0.5) is 0 Å². The number of benzene rings is 2. The van der Waals surface area contributed by atoms with Crippen LogP contribution in [0.2, 0.25) is 5.02 Å². The standard InChI is InChI=1S/C28H31ClN6O3/c1-27(2)11-19(12-28(3,4)34-27)33-26(37)17-8-9-24(22(29)10-17)38-23-7-5-6-20(21(23)13-30)18-14-32-35(15-18)16-25(31)36/h5-10,14-15,19,34H,11-12,16H2,1-4H3,(H2,31,36)(H,33,37). The Bertz CT molecular complexity index is 1410. The number of nitrogens with zero attached hydrogens (tertiary/aromatic N) is 3. The van der Waals surface area contributed by atoms with Crippen LogP contribution in [0.25, 0.3) is 11.1 Å². The van der Waals surface area contributed by atoms with Gasteiger partial charge in [0.15, 0.2) is 0 Å². The van der Waals surface area contributed by atoms with Crippen LogP contribution < -0.4 is 21.1 Å². The number of amides is 2. The number of rotatable bonds is 7. The van der Waals surface area contributed by atoms with E-state index >= 15 is 0 Å². The lowest BCUT2D eigenvalue weighted by atomic mass is 9.79. The van der Waals surface area contributed by atoms with Crippen LogP contribution in [-0.4, -0.2) is 38.7 Å². The largest absolute Gasteiger partial charge is 0.454 e. The van der Waals surface area contributed by atoms with Crippen molar-refractivity contribution in [1.82, 2.24) is 20.4 Å². The van der Waals surface area contributed by atoms with Gasteiger partial charge >= 0.3 is 0 Å². The Morgan fingerprint density at radius 3 is 2.55 bits per heavy atom. The zero-order valence-electron chi connectivity index (χ0n) is 21.8. The molecule has 1 aliphatic rings. The fourth-order valence-electron chi connectivity index (χ4n) is 5.26. The van der Waals surface area contributed by atoms with E-state index in [1.165, 1.54) is 4.68 Å². The average Bonchev–Trinajstić information content (AvgIpc) is 3.25. The number of halogens is 1. The number of piperidine rings is 1. The molecule has 4 N–H and O–H groups in total. The molecule has 38 heavy (non-hydrogen) atoms. The highest BCUT2D eigenvalue weighted by Gasteiger charge is 2.38. The summed E-state index contributed by atoms with van der Waals surface area (Å²) in [7, 11) is 0. The van der Waals surface area contributed by atoms with E-state index in [2.05, 4.69) is 49.5 Å². The first kappa shape index (κ1) is 27.2. The topological polar surface area (TPSA) is 135 Å². The molecule has 1 saturated heterocycles. The summed E-state index contributed by atoms with van der Waals surface area (Å²) in [5.74, 6) is -0.117. The van der Waals surface area contributed by atoms with Crippen LogP contribution in [0, 0.1) is 11.3 Å². The van der Waals surface area contributed by atoms with Gasteiger partial charge in [-0.3, -0.25) is 14.3 Å². The van der Waals surface area contributed by atoms with Crippen molar-refractivity contribution in [3.63, 3.8) is 0 Å². The molecule has 1 aliphatic heterocycles.